The Kier molecular flexibility index (Phi) is 2.71. The van der Waals surface area contributed by atoms with Crippen molar-refractivity contribution in [2.75, 3.05) is 0 Å². The van der Waals surface area contributed by atoms with Gasteiger partial charge in [-0.05, 0) is 25.0 Å². The molecule has 2 nitrogen and oxygen atoms in total. The summed E-state index contributed by atoms with van der Waals surface area (Å²) in [5, 5.41) is 0. The van der Waals surface area contributed by atoms with E-state index in [1.165, 1.54) is 0 Å². The number of amides is 1. The second kappa shape index (κ2) is 3.59. The first-order chi connectivity index (χ1) is 5.66. The Labute approximate surface area is 76.7 Å². The molecule has 12 heavy (non-hydrogen) atoms. The average Bonchev–Trinajstić information content (AvgIpc) is 2.03. The quantitative estimate of drug-likeness (QED) is 0.665. The first kappa shape index (κ1) is 9.07. The van der Waals surface area contributed by atoms with Crippen molar-refractivity contribution in [1.82, 2.24) is 4.84 Å². The summed E-state index contributed by atoms with van der Waals surface area (Å²) < 4.78 is 0. The third kappa shape index (κ3) is 1.59. The van der Waals surface area contributed by atoms with Crippen molar-refractivity contribution >= 4 is 17.7 Å². The molecule has 0 fully saturated rings. The van der Waals surface area contributed by atoms with Crippen LogP contribution in [0.1, 0.15) is 21.5 Å². The monoisotopic (exact) mass is 183 g/mol. The molecule has 1 rings (SSSR count). The number of hydrogen-bond acceptors (Lipinski definition) is 1. The van der Waals surface area contributed by atoms with E-state index >= 15 is 0 Å². The molecule has 0 radical (unpaired) electrons. The van der Waals surface area contributed by atoms with Gasteiger partial charge in [0.2, 0.25) is 0 Å². The third-order valence-corrected chi connectivity index (χ3v) is 1.97. The molecule has 0 aromatic heterocycles. The van der Waals surface area contributed by atoms with E-state index in [1.807, 2.05) is 32.0 Å². The number of hydrogen-bond donors (Lipinski definition) is 1. The fraction of sp³-hybridized carbons (Fsp3) is 0.222. The van der Waals surface area contributed by atoms with Crippen molar-refractivity contribution in [2.45, 2.75) is 13.8 Å². The maximum Gasteiger partial charge on any atom is 0.266 e. The fourth-order valence-electron chi connectivity index (χ4n) is 1.22. The molecule has 0 aliphatic heterocycles. The predicted molar refractivity (Wildman–Crippen MR) is 49.2 cm³/mol. The highest BCUT2D eigenvalue weighted by Gasteiger charge is 2.09. The number of halogens is 1. The molecular weight excluding hydrogens is 174 g/mol. The van der Waals surface area contributed by atoms with Gasteiger partial charge in [0.25, 0.3) is 5.91 Å². The maximum atomic E-state index is 11.2. The van der Waals surface area contributed by atoms with Gasteiger partial charge in [-0.2, -0.15) is 0 Å². The van der Waals surface area contributed by atoms with Crippen LogP contribution in [0.25, 0.3) is 0 Å². The second-order valence-corrected chi connectivity index (χ2v) is 2.88. The molecule has 1 amide bonds. The molecule has 0 aliphatic rings. The van der Waals surface area contributed by atoms with E-state index < -0.39 is 0 Å². The fourth-order valence-corrected chi connectivity index (χ4v) is 1.31. The molecular formula is C9H10ClNO. The van der Waals surface area contributed by atoms with Crippen LogP contribution in [0.5, 0.6) is 0 Å². The molecule has 0 saturated heterocycles. The van der Waals surface area contributed by atoms with Crippen LogP contribution < -0.4 is 4.84 Å². The van der Waals surface area contributed by atoms with Crippen molar-refractivity contribution in [3.63, 3.8) is 0 Å². The van der Waals surface area contributed by atoms with Crippen LogP contribution in [0, 0.1) is 13.8 Å². The Bertz CT molecular complexity index is 289. The largest absolute Gasteiger partial charge is 0.268 e. The van der Waals surface area contributed by atoms with Crippen LogP contribution in [0.3, 0.4) is 0 Å². The Morgan fingerprint density at radius 3 is 2.25 bits per heavy atom. The van der Waals surface area contributed by atoms with E-state index in [2.05, 4.69) is 4.84 Å². The van der Waals surface area contributed by atoms with Crippen molar-refractivity contribution in [2.24, 2.45) is 0 Å². The van der Waals surface area contributed by atoms with Crippen LogP contribution in [0.2, 0.25) is 0 Å². The normalized spacial score (nSPS) is 9.58. The zero-order chi connectivity index (χ0) is 9.14. The lowest BCUT2D eigenvalue weighted by molar-refractivity contribution is 0.0980. The Morgan fingerprint density at radius 1 is 1.33 bits per heavy atom. The molecule has 0 aliphatic carbocycles. The van der Waals surface area contributed by atoms with Gasteiger partial charge in [-0.15, -0.1) is 0 Å². The van der Waals surface area contributed by atoms with Crippen molar-refractivity contribution in [1.29, 1.82) is 0 Å². The Morgan fingerprint density at radius 2 is 1.83 bits per heavy atom. The van der Waals surface area contributed by atoms with E-state index in [-0.39, 0.29) is 5.91 Å². The van der Waals surface area contributed by atoms with Crippen LogP contribution >= 0.6 is 11.8 Å². The van der Waals surface area contributed by atoms with E-state index in [9.17, 15) is 4.79 Å². The SMILES string of the molecule is Cc1cccc(C)c1C(=O)NCl. The second-order valence-electron chi connectivity index (χ2n) is 2.69. The van der Waals surface area contributed by atoms with E-state index in [0.29, 0.717) is 5.56 Å². The van der Waals surface area contributed by atoms with Gasteiger partial charge < -0.3 is 0 Å². The summed E-state index contributed by atoms with van der Waals surface area (Å²) >= 11 is 5.23. The zero-order valence-electron chi connectivity index (χ0n) is 7.02. The molecule has 64 valence electrons. The number of carbonyl (C=O) groups excluding carboxylic acids is 1. The number of benzene rings is 1. The first-order valence-electron chi connectivity index (χ1n) is 3.64. The summed E-state index contributed by atoms with van der Waals surface area (Å²) in [6, 6.07) is 5.68. The third-order valence-electron chi connectivity index (χ3n) is 1.79. The molecule has 1 N–H and O–H groups in total. The average molecular weight is 184 g/mol. The van der Waals surface area contributed by atoms with Gasteiger partial charge in [0.1, 0.15) is 0 Å². The van der Waals surface area contributed by atoms with Crippen molar-refractivity contribution in [3.05, 3.63) is 34.9 Å². The summed E-state index contributed by atoms with van der Waals surface area (Å²) in [7, 11) is 0. The van der Waals surface area contributed by atoms with E-state index in [1.54, 1.807) is 0 Å². The molecule has 0 heterocycles. The van der Waals surface area contributed by atoms with Crippen LogP contribution in [-0.2, 0) is 0 Å². The molecule has 3 heteroatoms. The van der Waals surface area contributed by atoms with E-state index in [0.717, 1.165) is 11.1 Å². The molecule has 0 spiro atoms. The van der Waals surface area contributed by atoms with Gasteiger partial charge in [0, 0.05) is 17.3 Å². The lowest BCUT2D eigenvalue weighted by atomic mass is 10.0. The summed E-state index contributed by atoms with van der Waals surface area (Å²) in [5.74, 6) is -0.243. The summed E-state index contributed by atoms with van der Waals surface area (Å²) in [5.41, 5.74) is 2.54. The van der Waals surface area contributed by atoms with Crippen LogP contribution in [0.4, 0.5) is 0 Å². The highest BCUT2D eigenvalue weighted by atomic mass is 35.5. The minimum absolute atomic E-state index is 0.243. The first-order valence-corrected chi connectivity index (χ1v) is 4.02. The minimum Gasteiger partial charge on any atom is -0.268 e. The smallest absolute Gasteiger partial charge is 0.266 e. The predicted octanol–water partition coefficient (Wildman–Crippen LogP) is 2.19. The summed E-state index contributed by atoms with van der Waals surface area (Å²) in [6.45, 7) is 3.77. The number of carbonyl (C=O) groups is 1. The van der Waals surface area contributed by atoms with Crippen LogP contribution in [-0.4, -0.2) is 5.91 Å². The molecule has 1 aromatic rings. The lowest BCUT2D eigenvalue weighted by Crippen LogP contribution is -2.15. The topological polar surface area (TPSA) is 29.1 Å². The molecule has 0 bridgehead atoms. The molecule has 0 saturated carbocycles. The van der Waals surface area contributed by atoms with Crippen LogP contribution in [0.15, 0.2) is 18.2 Å². The Balaban J connectivity index is 3.21. The van der Waals surface area contributed by atoms with Gasteiger partial charge in [0.15, 0.2) is 0 Å². The minimum atomic E-state index is -0.243. The molecule has 1 aromatic carbocycles. The zero-order valence-corrected chi connectivity index (χ0v) is 7.77. The maximum absolute atomic E-state index is 11.2. The number of aryl methyl sites for hydroxylation is 2. The summed E-state index contributed by atoms with van der Waals surface area (Å²) in [4.78, 5) is 13.3. The Hall–Kier alpha value is -1.02. The highest BCUT2D eigenvalue weighted by molar-refractivity contribution is 6.24. The van der Waals surface area contributed by atoms with Gasteiger partial charge in [-0.25, -0.2) is 0 Å². The molecule has 0 unspecified atom stereocenters. The summed E-state index contributed by atoms with van der Waals surface area (Å²) in [6.07, 6.45) is 0. The van der Waals surface area contributed by atoms with Crippen molar-refractivity contribution in [3.8, 4) is 0 Å². The highest BCUT2D eigenvalue weighted by Crippen LogP contribution is 2.12. The lowest BCUT2D eigenvalue weighted by Gasteiger charge is -2.05. The van der Waals surface area contributed by atoms with Gasteiger partial charge in [-0.1, -0.05) is 18.2 Å². The standard InChI is InChI=1S/C9H10ClNO/c1-6-4-3-5-7(2)8(6)9(12)11-10/h3-5H,1-2H3,(H,11,12). The van der Waals surface area contributed by atoms with Gasteiger partial charge in [0.05, 0.1) is 0 Å². The number of nitrogens with one attached hydrogen (secondary N) is 1. The number of rotatable bonds is 1. The van der Waals surface area contributed by atoms with Crippen molar-refractivity contribution < 1.29 is 4.79 Å². The van der Waals surface area contributed by atoms with Gasteiger partial charge >= 0.3 is 0 Å². The van der Waals surface area contributed by atoms with Gasteiger partial charge in [-0.3, -0.25) is 9.63 Å². The van der Waals surface area contributed by atoms with E-state index in [4.69, 9.17) is 11.8 Å². The molecule has 0 atom stereocenters.